The fourth-order valence-corrected chi connectivity index (χ4v) is 6.03. The second-order valence-corrected chi connectivity index (χ2v) is 10.1. The van der Waals surface area contributed by atoms with Crippen LogP contribution in [0.3, 0.4) is 0 Å². The van der Waals surface area contributed by atoms with Crippen LogP contribution >= 0.6 is 0 Å². The van der Waals surface area contributed by atoms with E-state index in [9.17, 15) is 24.3 Å². The zero-order valence-electron chi connectivity index (χ0n) is 19.2. The van der Waals surface area contributed by atoms with Crippen molar-refractivity contribution >= 4 is 23.5 Å². The van der Waals surface area contributed by atoms with Crippen LogP contribution in [0.15, 0.2) is 22.5 Å². The maximum Gasteiger partial charge on any atom is 0.303 e. The third kappa shape index (κ3) is 3.83. The van der Waals surface area contributed by atoms with Crippen molar-refractivity contribution in [3.8, 4) is 0 Å². The highest BCUT2D eigenvalue weighted by Gasteiger charge is 2.58. The van der Waals surface area contributed by atoms with Crippen molar-refractivity contribution in [3.63, 3.8) is 0 Å². The summed E-state index contributed by atoms with van der Waals surface area (Å²) in [6, 6.07) is 0. The number of ether oxygens (including phenoxy) is 2. The van der Waals surface area contributed by atoms with Crippen molar-refractivity contribution in [2.24, 2.45) is 22.7 Å². The summed E-state index contributed by atoms with van der Waals surface area (Å²) in [6.45, 7) is 10.3. The average Bonchev–Trinajstić information content (AvgIpc) is 2.64. The fourth-order valence-electron chi connectivity index (χ4n) is 6.03. The molecule has 0 aromatic rings. The Labute approximate surface area is 182 Å². The summed E-state index contributed by atoms with van der Waals surface area (Å²) >= 11 is 0. The van der Waals surface area contributed by atoms with Crippen LogP contribution in [-0.2, 0) is 28.7 Å². The molecule has 0 aromatic heterocycles. The molecular formula is C24H32O7. The van der Waals surface area contributed by atoms with E-state index < -0.39 is 40.9 Å². The van der Waals surface area contributed by atoms with Crippen molar-refractivity contribution in [2.45, 2.75) is 73.3 Å². The van der Waals surface area contributed by atoms with Gasteiger partial charge in [0.1, 0.15) is 11.9 Å². The summed E-state index contributed by atoms with van der Waals surface area (Å²) in [4.78, 5) is 49.7. The Balaban J connectivity index is 2.21. The second-order valence-electron chi connectivity index (χ2n) is 10.1. The van der Waals surface area contributed by atoms with Gasteiger partial charge in [-0.1, -0.05) is 34.1 Å². The van der Waals surface area contributed by atoms with Gasteiger partial charge in [-0.05, 0) is 30.6 Å². The largest absolute Gasteiger partial charge is 0.507 e. The van der Waals surface area contributed by atoms with Crippen LogP contribution < -0.4 is 0 Å². The molecule has 31 heavy (non-hydrogen) atoms. The van der Waals surface area contributed by atoms with E-state index in [4.69, 9.17) is 9.47 Å². The van der Waals surface area contributed by atoms with Crippen LogP contribution in [0.5, 0.6) is 0 Å². The molecule has 3 aliphatic rings. The smallest absolute Gasteiger partial charge is 0.303 e. The summed E-state index contributed by atoms with van der Waals surface area (Å²) in [7, 11) is 0. The van der Waals surface area contributed by atoms with E-state index in [2.05, 4.69) is 13.8 Å². The van der Waals surface area contributed by atoms with E-state index in [1.54, 1.807) is 6.92 Å². The summed E-state index contributed by atoms with van der Waals surface area (Å²) in [6.07, 6.45) is 2.25. The monoisotopic (exact) mass is 432 g/mol. The van der Waals surface area contributed by atoms with Crippen LogP contribution in [0.4, 0.5) is 0 Å². The van der Waals surface area contributed by atoms with Gasteiger partial charge >= 0.3 is 11.9 Å². The standard InChI is InChI=1S/C24H32O7/c1-12(11-30-13(2)25)17-20(27)18-15(31-14(3)26)10-16-23(4,5)8-7-9-24(16,6)19(18)22(29)21(17)28/h12,15-16,27H,7-11H2,1-6H3/t12-,15-,16+,24+/m1/s1. The van der Waals surface area contributed by atoms with Gasteiger partial charge in [0.05, 0.1) is 12.2 Å². The van der Waals surface area contributed by atoms with Gasteiger partial charge in [-0.25, -0.2) is 0 Å². The molecule has 0 bridgehead atoms. The second kappa shape index (κ2) is 7.92. The Morgan fingerprint density at radius 1 is 1.10 bits per heavy atom. The first-order valence-corrected chi connectivity index (χ1v) is 10.9. The van der Waals surface area contributed by atoms with Gasteiger partial charge in [0, 0.05) is 36.3 Å². The van der Waals surface area contributed by atoms with E-state index in [0.29, 0.717) is 6.42 Å². The summed E-state index contributed by atoms with van der Waals surface area (Å²) in [5.41, 5.74) is -0.261. The van der Waals surface area contributed by atoms with E-state index in [-0.39, 0.29) is 40.4 Å². The maximum atomic E-state index is 13.5. The molecule has 170 valence electrons. The van der Waals surface area contributed by atoms with Crippen LogP contribution in [0.25, 0.3) is 0 Å². The molecular weight excluding hydrogens is 400 g/mol. The minimum atomic E-state index is -0.809. The van der Waals surface area contributed by atoms with E-state index in [1.165, 1.54) is 13.8 Å². The molecule has 1 N–H and O–H groups in total. The Morgan fingerprint density at radius 3 is 2.32 bits per heavy atom. The van der Waals surface area contributed by atoms with Crippen molar-refractivity contribution in [2.75, 3.05) is 6.61 Å². The number of carbonyl (C=O) groups excluding carboxylic acids is 4. The Hall–Kier alpha value is -2.44. The third-order valence-corrected chi connectivity index (χ3v) is 7.37. The third-order valence-electron chi connectivity index (χ3n) is 7.37. The summed E-state index contributed by atoms with van der Waals surface area (Å²) < 4.78 is 10.6. The van der Waals surface area contributed by atoms with Gasteiger partial charge in [0.15, 0.2) is 0 Å². The minimum absolute atomic E-state index is 0.0152. The Morgan fingerprint density at radius 2 is 1.74 bits per heavy atom. The number of hydrogen-bond acceptors (Lipinski definition) is 7. The molecule has 0 aromatic carbocycles. The molecule has 0 spiro atoms. The van der Waals surface area contributed by atoms with Gasteiger partial charge in [-0.3, -0.25) is 19.2 Å². The molecule has 0 saturated heterocycles. The number of Topliss-reactive ketones (excluding diaryl/α,β-unsaturated/α-hetero) is 2. The lowest BCUT2D eigenvalue weighted by Gasteiger charge is -2.56. The molecule has 0 heterocycles. The predicted molar refractivity (Wildman–Crippen MR) is 112 cm³/mol. The highest BCUT2D eigenvalue weighted by atomic mass is 16.5. The molecule has 0 amide bonds. The van der Waals surface area contributed by atoms with E-state index in [0.717, 1.165) is 19.3 Å². The van der Waals surface area contributed by atoms with Crippen LogP contribution in [-0.4, -0.2) is 41.3 Å². The normalized spacial score (nSPS) is 31.0. The fraction of sp³-hybridized carbons (Fsp3) is 0.667. The van der Waals surface area contributed by atoms with Crippen LogP contribution in [0.2, 0.25) is 0 Å². The molecule has 3 aliphatic carbocycles. The number of hydrogen-bond donors (Lipinski definition) is 1. The van der Waals surface area contributed by atoms with Gasteiger partial charge in [-0.2, -0.15) is 0 Å². The molecule has 7 heteroatoms. The van der Waals surface area contributed by atoms with Gasteiger partial charge in [0.25, 0.3) is 0 Å². The number of fused-ring (bicyclic) bond motifs is 2. The zero-order valence-corrected chi connectivity index (χ0v) is 19.2. The topological polar surface area (TPSA) is 107 Å². The Kier molecular flexibility index (Phi) is 5.93. The lowest BCUT2D eigenvalue weighted by molar-refractivity contribution is -0.149. The molecule has 0 unspecified atom stereocenters. The van der Waals surface area contributed by atoms with Gasteiger partial charge < -0.3 is 14.6 Å². The first kappa shape index (κ1) is 23.2. The number of allylic oxidation sites excluding steroid dienone is 1. The SMILES string of the molecule is CC(=O)OC[C@@H](C)C1=C(O)C2=C(C(=O)C1=O)[C@@]1(C)CCCC(C)(C)[C@@H]1C[C@H]2OC(C)=O. The van der Waals surface area contributed by atoms with Crippen LogP contribution in [0.1, 0.15) is 67.2 Å². The first-order valence-electron chi connectivity index (χ1n) is 10.9. The number of aliphatic hydroxyl groups is 1. The lowest BCUT2D eigenvalue weighted by Crippen LogP contribution is -2.53. The molecule has 7 nitrogen and oxygen atoms in total. The summed E-state index contributed by atoms with van der Waals surface area (Å²) in [5, 5.41) is 11.2. The van der Waals surface area contributed by atoms with Gasteiger partial charge in [0.2, 0.25) is 11.6 Å². The maximum absolute atomic E-state index is 13.5. The molecule has 1 saturated carbocycles. The van der Waals surface area contributed by atoms with Crippen molar-refractivity contribution in [1.29, 1.82) is 0 Å². The molecule has 1 fully saturated rings. The number of esters is 2. The number of ketones is 2. The minimum Gasteiger partial charge on any atom is -0.507 e. The number of aliphatic hydroxyl groups excluding tert-OH is 1. The highest BCUT2D eigenvalue weighted by Crippen LogP contribution is 2.61. The molecule has 0 radical (unpaired) electrons. The molecule has 4 atom stereocenters. The number of carbonyl (C=O) groups is 4. The first-order chi connectivity index (χ1) is 14.3. The lowest BCUT2D eigenvalue weighted by atomic mass is 9.48. The average molecular weight is 433 g/mol. The van der Waals surface area contributed by atoms with Crippen molar-refractivity contribution in [3.05, 3.63) is 22.5 Å². The number of rotatable bonds is 4. The molecule has 3 rings (SSSR count). The van der Waals surface area contributed by atoms with E-state index >= 15 is 0 Å². The quantitative estimate of drug-likeness (QED) is 0.411. The van der Waals surface area contributed by atoms with Crippen molar-refractivity contribution < 1.29 is 33.8 Å². The summed E-state index contributed by atoms with van der Waals surface area (Å²) in [5.74, 6) is -3.43. The zero-order chi connectivity index (χ0) is 23.3. The van der Waals surface area contributed by atoms with Gasteiger partial charge in [-0.15, -0.1) is 0 Å². The predicted octanol–water partition coefficient (Wildman–Crippen LogP) is 3.61. The molecule has 0 aliphatic heterocycles. The highest BCUT2D eigenvalue weighted by molar-refractivity contribution is 6.50. The van der Waals surface area contributed by atoms with Crippen LogP contribution in [0, 0.1) is 22.7 Å². The van der Waals surface area contributed by atoms with E-state index in [1.807, 2.05) is 6.92 Å². The van der Waals surface area contributed by atoms with Crippen molar-refractivity contribution in [1.82, 2.24) is 0 Å². The Bertz CT molecular complexity index is 907.